The first-order valence-electron chi connectivity index (χ1n) is 8.17. The van der Waals surface area contributed by atoms with Gasteiger partial charge in [-0.1, -0.05) is 38.6 Å². The third-order valence-electron chi connectivity index (χ3n) is 4.16. The normalized spacial score (nSPS) is 11.5. The van der Waals surface area contributed by atoms with Crippen molar-refractivity contribution in [3.05, 3.63) is 71.6 Å². The van der Waals surface area contributed by atoms with Crippen molar-refractivity contribution in [2.24, 2.45) is 0 Å². The lowest BCUT2D eigenvalue weighted by atomic mass is 9.94. The summed E-state index contributed by atoms with van der Waals surface area (Å²) in [4.78, 5) is 0. The van der Waals surface area contributed by atoms with Gasteiger partial charge in [-0.2, -0.15) is 13.7 Å². The third-order valence-corrected chi connectivity index (χ3v) is 7.20. The van der Waals surface area contributed by atoms with Crippen molar-refractivity contribution in [1.82, 2.24) is 3.97 Å². The van der Waals surface area contributed by atoms with Crippen LogP contribution in [0.5, 0.6) is 0 Å². The lowest BCUT2D eigenvalue weighted by Crippen LogP contribution is -2.15. The smallest absolute Gasteiger partial charge is 0.244 e. The molecule has 0 aliphatic carbocycles. The summed E-state index contributed by atoms with van der Waals surface area (Å²) in [7, 11) is -3.82. The van der Waals surface area contributed by atoms with Crippen LogP contribution in [0.2, 0.25) is 0 Å². The fraction of sp³-hybridized carbons (Fsp3) is 0.150. The van der Waals surface area contributed by atoms with Gasteiger partial charge in [0.15, 0.2) is 0 Å². The van der Waals surface area contributed by atoms with E-state index in [9.17, 15) is 18.1 Å². The minimum atomic E-state index is -3.82. The topological polar surface area (TPSA) is 62.9 Å². The molecule has 4 nitrogen and oxygen atoms in total. The predicted octanol–water partition coefficient (Wildman–Crippen LogP) is 5.25. The maximum atomic E-state index is 13.3. The number of thiophene rings is 1. The second kappa shape index (κ2) is 7.14. The van der Waals surface area contributed by atoms with E-state index in [0.29, 0.717) is 22.4 Å². The fourth-order valence-electron chi connectivity index (χ4n) is 2.97. The second-order valence-electron chi connectivity index (χ2n) is 6.29. The Morgan fingerprint density at radius 2 is 1.93 bits per heavy atom. The number of halogens is 1. The van der Waals surface area contributed by atoms with Gasteiger partial charge in [0.25, 0.3) is 10.0 Å². The van der Waals surface area contributed by atoms with E-state index in [2.05, 4.69) is 6.58 Å². The molecular formula is C20H17FN2O2S2. The highest BCUT2D eigenvalue weighted by Crippen LogP contribution is 2.38. The lowest BCUT2D eigenvalue weighted by Gasteiger charge is -2.14. The van der Waals surface area contributed by atoms with Gasteiger partial charge in [0, 0.05) is 23.0 Å². The molecule has 0 N–H and O–H groups in total. The zero-order valence-electron chi connectivity index (χ0n) is 14.8. The second-order valence-corrected chi connectivity index (χ2v) is 9.28. The van der Waals surface area contributed by atoms with Crippen LogP contribution in [0, 0.1) is 17.1 Å². The number of hydrogen-bond acceptors (Lipinski definition) is 4. The maximum Gasteiger partial charge on any atom is 0.277 e. The molecule has 0 radical (unpaired) electrons. The minimum Gasteiger partial charge on any atom is -0.244 e. The van der Waals surface area contributed by atoms with Gasteiger partial charge < -0.3 is 0 Å². The van der Waals surface area contributed by atoms with E-state index in [1.165, 1.54) is 22.3 Å². The Morgan fingerprint density at radius 1 is 1.26 bits per heavy atom. The molecule has 0 unspecified atom stereocenters. The van der Waals surface area contributed by atoms with E-state index in [0.717, 1.165) is 11.3 Å². The summed E-state index contributed by atoms with van der Waals surface area (Å²) in [6.45, 7) is 7.53. The number of benzene rings is 1. The van der Waals surface area contributed by atoms with Gasteiger partial charge in [-0.25, -0.2) is 8.36 Å². The van der Waals surface area contributed by atoms with E-state index in [-0.39, 0.29) is 15.7 Å². The van der Waals surface area contributed by atoms with Crippen LogP contribution in [0.4, 0.5) is 4.39 Å². The Bertz CT molecular complexity index is 1130. The molecule has 7 heteroatoms. The molecule has 27 heavy (non-hydrogen) atoms. The van der Waals surface area contributed by atoms with Gasteiger partial charge in [0.2, 0.25) is 0 Å². The predicted molar refractivity (Wildman–Crippen MR) is 105 cm³/mol. The summed E-state index contributed by atoms with van der Waals surface area (Å²) in [5.74, 6) is -0.580. The molecular weight excluding hydrogens is 383 g/mol. The summed E-state index contributed by atoms with van der Waals surface area (Å²) in [6, 6.07) is 11.0. The summed E-state index contributed by atoms with van der Waals surface area (Å²) in [5, 5.41) is 11.1. The van der Waals surface area contributed by atoms with Crippen molar-refractivity contribution in [3.63, 3.8) is 0 Å². The van der Waals surface area contributed by atoms with Gasteiger partial charge in [-0.3, -0.25) is 0 Å². The Balaban J connectivity index is 2.37. The molecule has 0 amide bonds. The largest absolute Gasteiger partial charge is 0.277 e. The van der Waals surface area contributed by atoms with Crippen LogP contribution in [0.3, 0.4) is 0 Å². The number of allylic oxidation sites excluding steroid dienone is 1. The summed E-state index contributed by atoms with van der Waals surface area (Å²) in [5.41, 5.74) is 2.27. The van der Waals surface area contributed by atoms with Crippen molar-refractivity contribution >= 4 is 26.9 Å². The van der Waals surface area contributed by atoms with Crippen molar-refractivity contribution in [2.45, 2.75) is 24.0 Å². The van der Waals surface area contributed by atoms with Crippen molar-refractivity contribution in [3.8, 4) is 17.2 Å². The highest BCUT2D eigenvalue weighted by Gasteiger charge is 2.29. The molecule has 0 saturated heterocycles. The lowest BCUT2D eigenvalue weighted by molar-refractivity contribution is 0.585. The average molecular weight is 401 g/mol. The molecule has 2 aromatic heterocycles. The average Bonchev–Trinajstić information content (AvgIpc) is 3.30. The van der Waals surface area contributed by atoms with Crippen LogP contribution in [-0.4, -0.2) is 12.4 Å². The monoisotopic (exact) mass is 400 g/mol. The molecule has 3 rings (SSSR count). The van der Waals surface area contributed by atoms with Crippen LogP contribution in [-0.2, 0) is 10.0 Å². The Labute approximate surface area is 161 Å². The number of nitrogens with zero attached hydrogens (tertiary/aromatic N) is 2. The molecule has 0 aliphatic rings. The molecule has 0 atom stereocenters. The summed E-state index contributed by atoms with van der Waals surface area (Å²) in [6.07, 6.45) is 1.50. The van der Waals surface area contributed by atoms with Crippen molar-refractivity contribution in [1.29, 1.82) is 5.26 Å². The quantitative estimate of drug-likeness (QED) is 0.549. The Morgan fingerprint density at radius 3 is 2.44 bits per heavy atom. The van der Waals surface area contributed by atoms with Gasteiger partial charge in [-0.15, -0.1) is 11.3 Å². The molecule has 0 fully saturated rings. The third kappa shape index (κ3) is 3.34. The summed E-state index contributed by atoms with van der Waals surface area (Å²) >= 11 is 1.13. The van der Waals surface area contributed by atoms with Crippen LogP contribution in [0.25, 0.3) is 16.7 Å². The first-order chi connectivity index (χ1) is 12.8. The van der Waals surface area contributed by atoms with E-state index in [4.69, 9.17) is 0 Å². The molecule has 1 aromatic carbocycles. The minimum absolute atomic E-state index is 0.165. The van der Waals surface area contributed by atoms with Crippen molar-refractivity contribution in [2.75, 3.05) is 0 Å². The molecule has 0 bridgehead atoms. The number of nitriles is 1. The molecule has 0 aliphatic heterocycles. The van der Waals surface area contributed by atoms with Crippen LogP contribution < -0.4 is 0 Å². The molecule has 0 spiro atoms. The van der Waals surface area contributed by atoms with Crippen LogP contribution >= 0.6 is 11.3 Å². The van der Waals surface area contributed by atoms with Crippen LogP contribution in [0.1, 0.15) is 31.0 Å². The number of hydrogen-bond donors (Lipinski definition) is 0. The standard InChI is InChI=1S/C20H17FN2O2S2/c1-13(2)20-19(14(3)11-22)17(15-6-8-16(21)9-7-15)12-23(20)27(24,25)18-5-4-10-26-18/h4-10,12-13H,3H2,1-2H3. The SMILES string of the molecule is C=C(C#N)c1c(-c2ccc(F)cc2)cn(S(=O)(=O)c2cccs2)c1C(C)C. The number of rotatable bonds is 5. The van der Waals surface area contributed by atoms with Gasteiger partial charge in [0.1, 0.15) is 10.0 Å². The number of aromatic nitrogens is 1. The molecule has 0 saturated carbocycles. The summed E-state index contributed by atoms with van der Waals surface area (Å²) < 4.78 is 41.1. The van der Waals surface area contributed by atoms with Crippen molar-refractivity contribution < 1.29 is 12.8 Å². The first kappa shape index (κ1) is 19.1. The molecule has 3 aromatic rings. The van der Waals surface area contributed by atoms with Gasteiger partial charge >= 0.3 is 0 Å². The zero-order valence-corrected chi connectivity index (χ0v) is 16.4. The highest BCUT2D eigenvalue weighted by molar-refractivity contribution is 7.92. The molecule has 2 heterocycles. The Hall–Kier alpha value is -2.69. The van der Waals surface area contributed by atoms with Gasteiger partial charge in [-0.05, 0) is 35.1 Å². The van der Waals surface area contributed by atoms with Crippen LogP contribution in [0.15, 0.2) is 58.8 Å². The van der Waals surface area contributed by atoms with E-state index in [1.807, 2.05) is 19.9 Å². The zero-order chi connectivity index (χ0) is 19.8. The van der Waals surface area contributed by atoms with E-state index >= 15 is 0 Å². The fourth-order valence-corrected chi connectivity index (χ4v) is 5.56. The van der Waals surface area contributed by atoms with E-state index < -0.39 is 15.8 Å². The van der Waals surface area contributed by atoms with Gasteiger partial charge in [0.05, 0.1) is 11.6 Å². The molecule has 138 valence electrons. The van der Waals surface area contributed by atoms with E-state index in [1.54, 1.807) is 29.6 Å². The Kier molecular flexibility index (Phi) is 5.05. The highest BCUT2D eigenvalue weighted by atomic mass is 32.2. The first-order valence-corrected chi connectivity index (χ1v) is 10.5. The maximum absolute atomic E-state index is 13.3.